The Morgan fingerprint density at radius 1 is 1.07 bits per heavy atom. The maximum atomic E-state index is 11.1. The van der Waals surface area contributed by atoms with Crippen molar-refractivity contribution in [2.45, 2.75) is 27.7 Å². The fraction of sp³-hybridized carbons (Fsp3) is 0.182. The van der Waals surface area contributed by atoms with Crippen LogP contribution in [0.3, 0.4) is 0 Å². The number of amides is 1. The molecule has 3 aromatic rings. The summed E-state index contributed by atoms with van der Waals surface area (Å²) in [5.41, 5.74) is 7.49. The molecule has 0 atom stereocenters. The monoisotopic (exact) mass is 471 g/mol. The van der Waals surface area contributed by atoms with Gasteiger partial charge in [-0.25, -0.2) is 0 Å². The zero-order chi connectivity index (χ0) is 19.6. The van der Waals surface area contributed by atoms with Gasteiger partial charge < -0.3 is 9.88 Å². The summed E-state index contributed by atoms with van der Waals surface area (Å²) in [6.45, 7) is 7.85. The van der Waals surface area contributed by atoms with Crippen LogP contribution in [0.4, 0.5) is 11.4 Å². The van der Waals surface area contributed by atoms with Crippen LogP contribution in [0.2, 0.25) is 0 Å². The molecule has 0 fully saturated rings. The van der Waals surface area contributed by atoms with E-state index in [1.807, 2.05) is 30.5 Å². The molecule has 0 saturated carbocycles. The van der Waals surface area contributed by atoms with E-state index in [9.17, 15) is 4.79 Å². The second-order valence-corrected chi connectivity index (χ2v) is 7.74. The highest BCUT2D eigenvalue weighted by Crippen LogP contribution is 2.23. The third kappa shape index (κ3) is 4.47. The number of nitrogens with zero attached hydrogens (tertiary/aromatic N) is 2. The Balaban J connectivity index is 1.87. The lowest BCUT2D eigenvalue weighted by Gasteiger charge is -2.11. The molecule has 3 rings (SSSR count). The summed E-state index contributed by atoms with van der Waals surface area (Å²) in [7, 11) is 0. The second kappa shape index (κ2) is 8.08. The molecule has 0 aliphatic carbocycles. The first-order valence-electron chi connectivity index (χ1n) is 8.72. The van der Waals surface area contributed by atoms with E-state index < -0.39 is 0 Å². The Hall–Kier alpha value is -2.41. The number of aliphatic imine (C=N–C) groups is 1. The van der Waals surface area contributed by atoms with Crippen molar-refractivity contribution in [3.63, 3.8) is 0 Å². The first-order valence-corrected chi connectivity index (χ1v) is 9.80. The molecule has 1 N–H and O–H groups in total. The quantitative estimate of drug-likeness (QED) is 0.384. The van der Waals surface area contributed by atoms with Gasteiger partial charge in [0.25, 0.3) is 0 Å². The first-order chi connectivity index (χ1) is 12.8. The molecular formula is C22H22IN3O. The number of aromatic nitrogens is 1. The first kappa shape index (κ1) is 19.4. The maximum Gasteiger partial charge on any atom is 0.221 e. The normalized spacial score (nSPS) is 11.1. The Morgan fingerprint density at radius 3 is 2.41 bits per heavy atom. The van der Waals surface area contributed by atoms with Crippen molar-refractivity contribution >= 4 is 46.1 Å². The SMILES string of the molecule is CC(=O)Nc1ccc(N=Cc2cc(C)n(-c3ccc(I)c(C)c3)c2C)cc1. The van der Waals surface area contributed by atoms with Gasteiger partial charge in [0.05, 0.1) is 5.69 Å². The van der Waals surface area contributed by atoms with Crippen molar-refractivity contribution in [1.82, 2.24) is 4.57 Å². The zero-order valence-electron chi connectivity index (χ0n) is 15.9. The van der Waals surface area contributed by atoms with Gasteiger partial charge in [-0.05, 0) is 97.5 Å². The molecule has 2 aromatic carbocycles. The molecule has 0 bridgehead atoms. The topological polar surface area (TPSA) is 46.4 Å². The molecule has 1 heterocycles. The fourth-order valence-corrected chi connectivity index (χ4v) is 3.40. The van der Waals surface area contributed by atoms with E-state index in [0.29, 0.717) is 0 Å². The lowest BCUT2D eigenvalue weighted by Crippen LogP contribution is -2.04. The van der Waals surface area contributed by atoms with E-state index in [0.717, 1.165) is 22.6 Å². The number of anilines is 1. The average Bonchev–Trinajstić information content (AvgIpc) is 2.90. The van der Waals surface area contributed by atoms with Crippen LogP contribution in [-0.4, -0.2) is 16.7 Å². The van der Waals surface area contributed by atoms with E-state index in [2.05, 4.69) is 82.5 Å². The molecule has 1 aromatic heterocycles. The number of rotatable bonds is 4. The van der Waals surface area contributed by atoms with Crippen LogP contribution in [0.5, 0.6) is 0 Å². The molecule has 0 spiro atoms. The van der Waals surface area contributed by atoms with Crippen molar-refractivity contribution in [3.8, 4) is 5.69 Å². The van der Waals surface area contributed by atoms with Gasteiger partial charge in [-0.1, -0.05) is 0 Å². The summed E-state index contributed by atoms with van der Waals surface area (Å²) < 4.78 is 3.52. The van der Waals surface area contributed by atoms with E-state index in [4.69, 9.17) is 0 Å². The number of hydrogen-bond donors (Lipinski definition) is 1. The Kier molecular flexibility index (Phi) is 5.79. The van der Waals surface area contributed by atoms with Gasteiger partial charge in [-0.15, -0.1) is 0 Å². The summed E-state index contributed by atoms with van der Waals surface area (Å²) >= 11 is 2.36. The van der Waals surface area contributed by atoms with E-state index in [1.54, 1.807) is 0 Å². The van der Waals surface area contributed by atoms with Crippen LogP contribution in [0.25, 0.3) is 5.69 Å². The van der Waals surface area contributed by atoms with Crippen LogP contribution in [0, 0.1) is 24.3 Å². The van der Waals surface area contributed by atoms with E-state index >= 15 is 0 Å². The highest BCUT2D eigenvalue weighted by Gasteiger charge is 2.10. The molecule has 5 heteroatoms. The number of halogens is 1. The van der Waals surface area contributed by atoms with Crippen molar-refractivity contribution in [1.29, 1.82) is 0 Å². The smallest absolute Gasteiger partial charge is 0.221 e. The van der Waals surface area contributed by atoms with E-state index in [-0.39, 0.29) is 5.91 Å². The van der Waals surface area contributed by atoms with Crippen molar-refractivity contribution in [2.75, 3.05) is 5.32 Å². The van der Waals surface area contributed by atoms with Gasteiger partial charge in [0.2, 0.25) is 5.91 Å². The third-order valence-electron chi connectivity index (χ3n) is 4.41. The molecule has 0 unspecified atom stereocenters. The van der Waals surface area contributed by atoms with Crippen molar-refractivity contribution in [2.24, 2.45) is 4.99 Å². The predicted octanol–water partition coefficient (Wildman–Crippen LogP) is 5.72. The number of benzene rings is 2. The molecule has 138 valence electrons. The van der Waals surface area contributed by atoms with Gasteiger partial charge in [0.15, 0.2) is 0 Å². The third-order valence-corrected chi connectivity index (χ3v) is 5.62. The average molecular weight is 471 g/mol. The summed E-state index contributed by atoms with van der Waals surface area (Å²) in [5, 5.41) is 2.76. The molecular weight excluding hydrogens is 449 g/mol. The number of carbonyl (C=O) groups excluding carboxylic acids is 1. The molecule has 0 aliphatic rings. The van der Waals surface area contributed by atoms with Gasteiger partial charge in [0.1, 0.15) is 0 Å². The Bertz CT molecular complexity index is 1020. The van der Waals surface area contributed by atoms with Gasteiger partial charge in [0, 0.05) is 45.0 Å². The minimum atomic E-state index is -0.0791. The second-order valence-electron chi connectivity index (χ2n) is 6.58. The highest BCUT2D eigenvalue weighted by atomic mass is 127. The predicted molar refractivity (Wildman–Crippen MR) is 121 cm³/mol. The lowest BCUT2D eigenvalue weighted by molar-refractivity contribution is -0.114. The van der Waals surface area contributed by atoms with Crippen molar-refractivity contribution < 1.29 is 4.79 Å². The maximum absolute atomic E-state index is 11.1. The Labute approximate surface area is 173 Å². The fourth-order valence-electron chi connectivity index (χ4n) is 3.06. The molecule has 27 heavy (non-hydrogen) atoms. The summed E-state index contributed by atoms with van der Waals surface area (Å²) in [5.74, 6) is -0.0791. The van der Waals surface area contributed by atoms with Crippen molar-refractivity contribution in [3.05, 3.63) is 74.6 Å². The van der Waals surface area contributed by atoms with Crippen LogP contribution in [-0.2, 0) is 4.79 Å². The van der Waals surface area contributed by atoms with Crippen LogP contribution in [0.15, 0.2) is 53.5 Å². The minimum absolute atomic E-state index is 0.0791. The number of aryl methyl sites for hydroxylation is 2. The standard InChI is InChI=1S/C22H22IN3O/c1-14-11-21(9-10-22(14)23)26-15(2)12-18(16(26)3)13-24-19-5-7-20(8-6-19)25-17(4)27/h5-13H,1-4H3,(H,25,27). The number of carbonyl (C=O) groups is 1. The molecule has 0 saturated heterocycles. The van der Waals surface area contributed by atoms with Crippen LogP contribution < -0.4 is 5.32 Å². The highest BCUT2D eigenvalue weighted by molar-refractivity contribution is 14.1. The molecule has 0 aliphatic heterocycles. The van der Waals surface area contributed by atoms with Gasteiger partial charge in [-0.2, -0.15) is 0 Å². The summed E-state index contributed by atoms with van der Waals surface area (Å²) in [4.78, 5) is 15.7. The molecule has 0 radical (unpaired) electrons. The summed E-state index contributed by atoms with van der Waals surface area (Å²) in [6, 6.07) is 16.1. The number of hydrogen-bond acceptors (Lipinski definition) is 2. The zero-order valence-corrected chi connectivity index (χ0v) is 18.0. The van der Waals surface area contributed by atoms with E-state index in [1.165, 1.54) is 27.4 Å². The molecule has 1 amide bonds. The minimum Gasteiger partial charge on any atom is -0.326 e. The summed E-state index contributed by atoms with van der Waals surface area (Å²) in [6.07, 6.45) is 1.89. The lowest BCUT2D eigenvalue weighted by atomic mass is 10.2. The number of nitrogens with one attached hydrogen (secondary N) is 1. The van der Waals surface area contributed by atoms with Gasteiger partial charge in [-0.3, -0.25) is 9.79 Å². The van der Waals surface area contributed by atoms with Crippen LogP contribution in [0.1, 0.15) is 29.4 Å². The Morgan fingerprint density at radius 2 is 1.78 bits per heavy atom. The molecule has 4 nitrogen and oxygen atoms in total. The van der Waals surface area contributed by atoms with Gasteiger partial charge >= 0.3 is 0 Å². The largest absolute Gasteiger partial charge is 0.326 e. The van der Waals surface area contributed by atoms with Crippen LogP contribution >= 0.6 is 22.6 Å².